The van der Waals surface area contributed by atoms with Crippen molar-refractivity contribution in [3.05, 3.63) is 0 Å². The normalized spacial score (nSPS) is 9.67. The summed E-state index contributed by atoms with van der Waals surface area (Å²) < 4.78 is 34.1. The zero-order valence-electron chi connectivity index (χ0n) is 2.35. The van der Waals surface area contributed by atoms with Gasteiger partial charge in [-0.1, -0.05) is 3.89 Å². The molecule has 6 heteroatoms. The first-order valence-corrected chi connectivity index (χ1v) is 2.01. The Morgan fingerprint density at radius 2 is 1.50 bits per heavy atom. The van der Waals surface area contributed by atoms with E-state index in [9.17, 15) is 3.89 Å². The molecule has 0 aliphatic carbocycles. The molecule has 0 spiro atoms. The maximum absolute atomic E-state index is 10.2. The Morgan fingerprint density at radius 3 is 1.50 bits per heavy atom. The Labute approximate surface area is 45.1 Å². The fraction of sp³-hybridized carbons (Fsp3) is 0. The molecule has 3 nitrogen and oxygen atoms in total. The molecule has 0 aromatic rings. The van der Waals surface area contributed by atoms with Gasteiger partial charge in [-0.15, -0.1) is 0 Å². The predicted molar refractivity (Wildman–Crippen MR) is 12.7 cm³/mol. The maximum atomic E-state index is 10.2. The zero-order valence-corrected chi connectivity index (χ0v) is 4.11. The maximum Gasteiger partial charge on any atom is 0.435 e. The fourth-order valence-corrected chi connectivity index (χ4v) is 0. The molecule has 0 aliphatic rings. The van der Waals surface area contributed by atoms with Gasteiger partial charge in [0.15, 0.2) is 0 Å². The Balaban J connectivity index is 0. The minimum absolute atomic E-state index is 0. The molecule has 0 rings (SSSR count). The van der Waals surface area contributed by atoms with E-state index in [2.05, 4.69) is 0 Å². The van der Waals surface area contributed by atoms with Gasteiger partial charge in [0.25, 0.3) is 0 Å². The van der Waals surface area contributed by atoms with Crippen LogP contribution < -0.4 is 0 Å². The fourth-order valence-electron chi connectivity index (χ4n) is 0. The van der Waals surface area contributed by atoms with Gasteiger partial charge in [-0.05, 0) is 0 Å². The molecular weight excluding hydrogens is 163 g/mol. The van der Waals surface area contributed by atoms with Crippen LogP contribution in [0.5, 0.6) is 0 Å². The molecule has 0 saturated carbocycles. The van der Waals surface area contributed by atoms with E-state index in [1.807, 2.05) is 0 Å². The van der Waals surface area contributed by atoms with Crippen molar-refractivity contribution in [3.8, 4) is 0 Å². The Bertz CT molecular complexity index is 94.0. The zero-order chi connectivity index (χ0) is 4.50. The van der Waals surface area contributed by atoms with Crippen LogP contribution in [0.25, 0.3) is 0 Å². The second-order valence-corrected chi connectivity index (χ2v) is 1.24. The summed E-state index contributed by atoms with van der Waals surface area (Å²) in [5, 5.41) is 0. The van der Waals surface area contributed by atoms with E-state index in [1.54, 1.807) is 0 Å². The summed E-state index contributed by atoms with van der Waals surface area (Å²) >= 11 is 0. The van der Waals surface area contributed by atoms with Crippen molar-refractivity contribution in [2.24, 2.45) is 0 Å². The van der Waals surface area contributed by atoms with Crippen LogP contribution in [-0.2, 0) is 27.6 Å². The summed E-state index contributed by atoms with van der Waals surface area (Å²) in [6.45, 7) is 0. The van der Waals surface area contributed by atoms with Crippen LogP contribution in [-0.4, -0.2) is 13.0 Å². The van der Waals surface area contributed by atoms with Crippen molar-refractivity contribution in [1.82, 2.24) is 0 Å². The average molecular weight is 164 g/mol. The van der Waals surface area contributed by atoms with Crippen LogP contribution in [0.15, 0.2) is 0 Å². The molecule has 0 aliphatic heterocycles. The minimum atomic E-state index is -5.17. The first-order chi connectivity index (χ1) is 2.00. The summed E-state index contributed by atoms with van der Waals surface area (Å²) in [5.41, 5.74) is 0. The minimum Gasteiger partial charge on any atom is -0.260 e. The summed E-state index contributed by atoms with van der Waals surface area (Å²) in [7, 11) is -5.17. The molecule has 0 aromatic heterocycles. The van der Waals surface area contributed by atoms with Crippen molar-refractivity contribution in [1.29, 1.82) is 0 Å². The van der Waals surface area contributed by atoms with Gasteiger partial charge in [-0.3, -0.25) is 4.55 Å². The Morgan fingerprint density at radius 1 is 1.50 bits per heavy atom. The van der Waals surface area contributed by atoms with Gasteiger partial charge in [0.2, 0.25) is 0 Å². The predicted octanol–water partition coefficient (Wildman–Crippen LogP) is -0.244. The summed E-state index contributed by atoms with van der Waals surface area (Å²) in [4.78, 5) is 0. The van der Waals surface area contributed by atoms with Crippen molar-refractivity contribution in [2.75, 3.05) is 0 Å². The number of rotatable bonds is 0. The quantitative estimate of drug-likeness (QED) is 0.305. The van der Waals surface area contributed by atoms with E-state index in [0.717, 1.165) is 0 Å². The van der Waals surface area contributed by atoms with Gasteiger partial charge in [0.05, 0.1) is 0 Å². The van der Waals surface area contributed by atoms with Crippen LogP contribution in [0, 0.1) is 0 Å². The first-order valence-electron chi connectivity index (χ1n) is 0.670. The van der Waals surface area contributed by atoms with Gasteiger partial charge in [-0.2, -0.15) is 8.42 Å². The van der Waals surface area contributed by atoms with E-state index in [0.29, 0.717) is 0 Å². The molecule has 1 radical (unpaired) electrons. The molecule has 0 amide bonds. The monoisotopic (exact) mass is 163 g/mol. The van der Waals surface area contributed by atoms with Gasteiger partial charge < -0.3 is 0 Å². The van der Waals surface area contributed by atoms with Crippen LogP contribution in [0.3, 0.4) is 0 Å². The van der Waals surface area contributed by atoms with Crippen molar-refractivity contribution >= 4 is 10.5 Å². The SMILES string of the molecule is O=S(=O)(O)F.[Cu]. The molecule has 43 valence electrons. The Kier molecular flexibility index (Phi) is 4.03. The number of halogens is 1. The van der Waals surface area contributed by atoms with Crippen LogP contribution in [0.4, 0.5) is 3.89 Å². The van der Waals surface area contributed by atoms with E-state index in [1.165, 1.54) is 0 Å². The van der Waals surface area contributed by atoms with Crippen molar-refractivity contribution in [3.63, 3.8) is 0 Å². The smallest absolute Gasteiger partial charge is 0.260 e. The second-order valence-electron chi connectivity index (χ2n) is 0.412. The summed E-state index contributed by atoms with van der Waals surface area (Å²) in [6.07, 6.45) is 0. The molecular formula is HCuFO3S. The second kappa shape index (κ2) is 2.52. The van der Waals surface area contributed by atoms with E-state index >= 15 is 0 Å². The standard InChI is InChI=1S/Cu.FHO3S/c;1-5(2,3)4/h;(H,2,3,4). The van der Waals surface area contributed by atoms with Crippen LogP contribution in [0.1, 0.15) is 0 Å². The Hall–Kier alpha value is 0.359. The summed E-state index contributed by atoms with van der Waals surface area (Å²) in [6, 6.07) is 0. The van der Waals surface area contributed by atoms with E-state index < -0.39 is 10.5 Å². The molecule has 1 N–H and O–H groups in total. The van der Waals surface area contributed by atoms with Crippen LogP contribution >= 0.6 is 0 Å². The van der Waals surface area contributed by atoms with Gasteiger partial charge in [-0.25, -0.2) is 0 Å². The van der Waals surface area contributed by atoms with Gasteiger partial charge in [0, 0.05) is 17.1 Å². The van der Waals surface area contributed by atoms with E-state index in [4.69, 9.17) is 13.0 Å². The number of hydrogen-bond donors (Lipinski definition) is 1. The third kappa shape index (κ3) is 381. The van der Waals surface area contributed by atoms with E-state index in [-0.39, 0.29) is 17.1 Å². The molecule has 0 fully saturated rings. The molecule has 6 heavy (non-hydrogen) atoms. The van der Waals surface area contributed by atoms with Gasteiger partial charge >= 0.3 is 10.5 Å². The number of hydrogen-bond acceptors (Lipinski definition) is 2. The average Bonchev–Trinajstić information content (AvgIpc) is 0.722. The largest absolute Gasteiger partial charge is 0.435 e. The third-order valence-electron chi connectivity index (χ3n) is 0. The molecule has 0 heterocycles. The molecule has 0 unspecified atom stereocenters. The van der Waals surface area contributed by atoms with Crippen molar-refractivity contribution < 1.29 is 33.9 Å². The van der Waals surface area contributed by atoms with Crippen LogP contribution in [0.2, 0.25) is 0 Å². The molecule has 0 bridgehead atoms. The molecule has 0 atom stereocenters. The summed E-state index contributed by atoms with van der Waals surface area (Å²) in [5.74, 6) is 0. The first kappa shape index (κ1) is 9.61. The van der Waals surface area contributed by atoms with Gasteiger partial charge in [0.1, 0.15) is 0 Å². The topological polar surface area (TPSA) is 54.4 Å². The van der Waals surface area contributed by atoms with Crippen molar-refractivity contribution in [2.45, 2.75) is 0 Å². The third-order valence-corrected chi connectivity index (χ3v) is 0. The molecule has 0 saturated heterocycles. The molecule has 0 aromatic carbocycles.